The van der Waals surface area contributed by atoms with Gasteiger partial charge in [0.15, 0.2) is 0 Å². The van der Waals surface area contributed by atoms with Gasteiger partial charge in [-0.25, -0.2) is 4.98 Å². The molecule has 0 saturated carbocycles. The van der Waals surface area contributed by atoms with Gasteiger partial charge >= 0.3 is 0 Å². The van der Waals surface area contributed by atoms with Gasteiger partial charge < -0.3 is 10.3 Å². The molecule has 0 spiro atoms. The van der Waals surface area contributed by atoms with Crippen molar-refractivity contribution in [1.82, 2.24) is 9.55 Å². The Bertz CT molecular complexity index is 538. The van der Waals surface area contributed by atoms with Gasteiger partial charge in [-0.2, -0.15) is 0 Å². The van der Waals surface area contributed by atoms with E-state index in [1.54, 1.807) is 6.33 Å². The minimum atomic E-state index is -0.411. The van der Waals surface area contributed by atoms with E-state index in [2.05, 4.69) is 40.0 Å². The third kappa shape index (κ3) is 2.42. The van der Waals surface area contributed by atoms with E-state index in [-0.39, 0.29) is 0 Å². The molecule has 0 saturated heterocycles. The highest BCUT2D eigenvalue weighted by Crippen LogP contribution is 2.25. The summed E-state index contributed by atoms with van der Waals surface area (Å²) >= 11 is 3.49. The lowest BCUT2D eigenvalue weighted by molar-refractivity contribution is 0.524. The zero-order chi connectivity index (χ0) is 12.6. The first-order chi connectivity index (χ1) is 7.89. The number of imidazole rings is 1. The molecule has 2 rings (SSSR count). The maximum atomic E-state index is 6.15. The van der Waals surface area contributed by atoms with Gasteiger partial charge in [0.1, 0.15) is 0 Å². The summed E-state index contributed by atoms with van der Waals surface area (Å²) in [5.41, 5.74) is 9.04. The Morgan fingerprint density at radius 1 is 1.35 bits per heavy atom. The molecular formula is C13H16BrN3. The Morgan fingerprint density at radius 2 is 2.06 bits per heavy atom. The number of nitrogens with zero attached hydrogens (tertiary/aromatic N) is 2. The molecule has 0 bridgehead atoms. The molecule has 0 fully saturated rings. The van der Waals surface area contributed by atoms with Crippen molar-refractivity contribution in [2.45, 2.75) is 26.3 Å². The smallest absolute Gasteiger partial charge is 0.0994 e. The van der Waals surface area contributed by atoms with Crippen LogP contribution in [0.4, 0.5) is 0 Å². The number of rotatable bonds is 2. The first-order valence-electron chi connectivity index (χ1n) is 5.48. The molecule has 1 heterocycles. The largest absolute Gasteiger partial charge is 0.321 e. The maximum absolute atomic E-state index is 6.15. The van der Waals surface area contributed by atoms with E-state index in [1.807, 2.05) is 30.7 Å². The van der Waals surface area contributed by atoms with Gasteiger partial charge in [-0.3, -0.25) is 0 Å². The van der Waals surface area contributed by atoms with Crippen LogP contribution in [0.3, 0.4) is 0 Å². The standard InChI is InChI=1S/C13H16BrN3/c1-9-4-5-10(14)6-11(9)17-8-16-7-12(17)13(2,3)15/h4-8H,15H2,1-3H3. The van der Waals surface area contributed by atoms with Crippen molar-refractivity contribution < 1.29 is 0 Å². The van der Waals surface area contributed by atoms with Gasteiger partial charge in [-0.05, 0) is 38.5 Å². The van der Waals surface area contributed by atoms with Gasteiger partial charge in [-0.15, -0.1) is 0 Å². The van der Waals surface area contributed by atoms with Crippen molar-refractivity contribution in [3.8, 4) is 5.69 Å². The van der Waals surface area contributed by atoms with Crippen LogP contribution in [0.2, 0.25) is 0 Å². The molecule has 2 N–H and O–H groups in total. The van der Waals surface area contributed by atoms with Crippen molar-refractivity contribution in [3.05, 3.63) is 46.5 Å². The van der Waals surface area contributed by atoms with Crippen molar-refractivity contribution in [2.24, 2.45) is 5.73 Å². The van der Waals surface area contributed by atoms with E-state index < -0.39 is 5.54 Å². The van der Waals surface area contributed by atoms with Gasteiger partial charge in [0.25, 0.3) is 0 Å². The van der Waals surface area contributed by atoms with Gasteiger partial charge in [-0.1, -0.05) is 22.0 Å². The highest BCUT2D eigenvalue weighted by Gasteiger charge is 2.20. The van der Waals surface area contributed by atoms with E-state index in [4.69, 9.17) is 5.73 Å². The summed E-state index contributed by atoms with van der Waals surface area (Å²) in [6, 6.07) is 6.18. The highest BCUT2D eigenvalue weighted by atomic mass is 79.9. The van der Waals surface area contributed by atoms with Crippen molar-refractivity contribution in [2.75, 3.05) is 0 Å². The molecule has 17 heavy (non-hydrogen) atoms. The number of benzene rings is 1. The Morgan fingerprint density at radius 3 is 2.71 bits per heavy atom. The topological polar surface area (TPSA) is 43.8 Å². The van der Waals surface area contributed by atoms with Crippen LogP contribution in [0.5, 0.6) is 0 Å². The summed E-state index contributed by atoms with van der Waals surface area (Å²) in [7, 11) is 0. The van der Waals surface area contributed by atoms with E-state index >= 15 is 0 Å². The minimum Gasteiger partial charge on any atom is -0.321 e. The van der Waals surface area contributed by atoms with Crippen LogP contribution >= 0.6 is 15.9 Å². The van der Waals surface area contributed by atoms with E-state index in [9.17, 15) is 0 Å². The van der Waals surface area contributed by atoms with Crippen LogP contribution in [-0.2, 0) is 5.54 Å². The first-order valence-corrected chi connectivity index (χ1v) is 6.27. The summed E-state index contributed by atoms with van der Waals surface area (Å²) < 4.78 is 3.09. The van der Waals surface area contributed by atoms with Gasteiger partial charge in [0.2, 0.25) is 0 Å². The van der Waals surface area contributed by atoms with Crippen LogP contribution in [0.15, 0.2) is 35.2 Å². The van der Waals surface area contributed by atoms with Crippen LogP contribution < -0.4 is 5.73 Å². The summed E-state index contributed by atoms with van der Waals surface area (Å²) in [6.45, 7) is 6.04. The minimum absolute atomic E-state index is 0.411. The molecule has 0 aliphatic heterocycles. The lowest BCUT2D eigenvalue weighted by atomic mass is 10.0. The molecule has 4 heteroatoms. The number of aryl methyl sites for hydroxylation is 1. The second-order valence-corrected chi connectivity index (χ2v) is 5.72. The molecule has 0 amide bonds. The van der Waals surface area contributed by atoms with Gasteiger partial charge in [0, 0.05) is 4.47 Å². The van der Waals surface area contributed by atoms with Crippen molar-refractivity contribution in [1.29, 1.82) is 0 Å². The average molecular weight is 294 g/mol. The van der Waals surface area contributed by atoms with Gasteiger partial charge in [0.05, 0.1) is 29.4 Å². The molecule has 90 valence electrons. The number of aromatic nitrogens is 2. The second-order valence-electron chi connectivity index (χ2n) is 4.80. The molecular weight excluding hydrogens is 278 g/mol. The predicted octanol–water partition coefficient (Wildman–Crippen LogP) is 3.14. The molecule has 0 aliphatic rings. The lowest BCUT2D eigenvalue weighted by Crippen LogP contribution is -2.31. The predicted molar refractivity (Wildman–Crippen MR) is 73.2 cm³/mol. The molecule has 0 unspecified atom stereocenters. The van der Waals surface area contributed by atoms with E-state index in [0.29, 0.717) is 0 Å². The van der Waals surface area contributed by atoms with Crippen molar-refractivity contribution in [3.63, 3.8) is 0 Å². The molecule has 3 nitrogen and oxygen atoms in total. The molecule has 0 aliphatic carbocycles. The SMILES string of the molecule is Cc1ccc(Br)cc1-n1cncc1C(C)(C)N. The molecule has 1 aromatic heterocycles. The Balaban J connectivity index is 2.61. The van der Waals surface area contributed by atoms with Crippen LogP contribution in [0, 0.1) is 6.92 Å². The fraction of sp³-hybridized carbons (Fsp3) is 0.308. The second kappa shape index (κ2) is 4.27. The first kappa shape index (κ1) is 12.3. The number of halogens is 1. The maximum Gasteiger partial charge on any atom is 0.0994 e. The molecule has 0 radical (unpaired) electrons. The van der Waals surface area contributed by atoms with E-state index in [1.165, 1.54) is 5.56 Å². The number of nitrogens with two attached hydrogens (primary N) is 1. The quantitative estimate of drug-likeness (QED) is 0.924. The summed E-state index contributed by atoms with van der Waals surface area (Å²) in [5.74, 6) is 0. The zero-order valence-corrected chi connectivity index (χ0v) is 11.8. The van der Waals surface area contributed by atoms with Crippen LogP contribution in [0.1, 0.15) is 25.1 Å². The van der Waals surface area contributed by atoms with Crippen molar-refractivity contribution >= 4 is 15.9 Å². The third-order valence-corrected chi connectivity index (χ3v) is 3.22. The number of hydrogen-bond acceptors (Lipinski definition) is 2. The molecule has 2 aromatic rings. The lowest BCUT2D eigenvalue weighted by Gasteiger charge is -2.21. The average Bonchev–Trinajstić information content (AvgIpc) is 2.69. The zero-order valence-electron chi connectivity index (χ0n) is 10.2. The summed E-state index contributed by atoms with van der Waals surface area (Å²) in [6.07, 6.45) is 3.62. The fourth-order valence-electron chi connectivity index (χ4n) is 1.81. The molecule has 1 aromatic carbocycles. The third-order valence-electron chi connectivity index (χ3n) is 2.73. The Hall–Kier alpha value is -1.13. The monoisotopic (exact) mass is 293 g/mol. The van der Waals surface area contributed by atoms with Crippen LogP contribution in [0.25, 0.3) is 5.69 Å². The number of hydrogen-bond donors (Lipinski definition) is 1. The van der Waals surface area contributed by atoms with E-state index in [0.717, 1.165) is 15.9 Å². The Labute approximate surface area is 110 Å². The normalized spacial score (nSPS) is 11.8. The fourth-order valence-corrected chi connectivity index (χ4v) is 2.15. The Kier molecular flexibility index (Phi) is 3.10. The summed E-state index contributed by atoms with van der Waals surface area (Å²) in [5, 5.41) is 0. The molecule has 0 atom stereocenters. The summed E-state index contributed by atoms with van der Waals surface area (Å²) in [4.78, 5) is 4.20. The van der Waals surface area contributed by atoms with Crippen LogP contribution in [-0.4, -0.2) is 9.55 Å². The highest BCUT2D eigenvalue weighted by molar-refractivity contribution is 9.10.